The van der Waals surface area contributed by atoms with Crippen LogP contribution in [0.3, 0.4) is 0 Å². The molecule has 1 N–H and O–H groups in total. The monoisotopic (exact) mass is 524 g/mol. The minimum absolute atomic E-state index is 0.137. The first-order chi connectivity index (χ1) is 16.2. The van der Waals surface area contributed by atoms with E-state index in [1.165, 1.54) is 11.3 Å². The van der Waals surface area contributed by atoms with Crippen LogP contribution in [0.15, 0.2) is 18.2 Å². The van der Waals surface area contributed by atoms with Gasteiger partial charge in [0.15, 0.2) is 16.5 Å². The number of hydrogen-bond acceptors (Lipinski definition) is 9. The minimum atomic E-state index is -0.468. The Bertz CT molecular complexity index is 1100. The lowest BCUT2D eigenvalue weighted by Gasteiger charge is -2.33. The van der Waals surface area contributed by atoms with Crippen LogP contribution in [0.4, 0.5) is 4.79 Å². The Morgan fingerprint density at radius 1 is 1.21 bits per heavy atom. The van der Waals surface area contributed by atoms with Crippen LogP contribution in [0.5, 0.6) is 5.75 Å². The van der Waals surface area contributed by atoms with Crippen LogP contribution in [-0.2, 0) is 16.0 Å². The Hall–Kier alpha value is -1.98. The number of nitrogens with one attached hydrogen (secondary N) is 1. The van der Waals surface area contributed by atoms with Gasteiger partial charge < -0.3 is 24.4 Å². The molecule has 11 heteroatoms. The van der Waals surface area contributed by atoms with Gasteiger partial charge in [0.1, 0.15) is 21.4 Å². The van der Waals surface area contributed by atoms with E-state index in [9.17, 15) is 4.79 Å². The molecular weight excluding hydrogens is 496 g/mol. The number of aromatic nitrogens is 2. The number of thiazole rings is 2. The molecule has 1 aliphatic rings. The van der Waals surface area contributed by atoms with Gasteiger partial charge in [0.2, 0.25) is 0 Å². The molecule has 1 saturated heterocycles. The number of likely N-dealkylation sites (tertiary alicyclic amines) is 1. The third-order valence-electron chi connectivity index (χ3n) is 5.22. The summed E-state index contributed by atoms with van der Waals surface area (Å²) in [6.45, 7) is 7.87. The standard InChI is InChI=1S/C23H29ClN4O4S2/c1-23(2,3)32-22(29)28-9-7-15(8-10-28)25-12-18-26-20-21(33-18)27-19(34-20)16-6-5-14(24)11-17(16)31-13-30-4/h5-6,11,15,25H,7-10,12-13H2,1-4H3. The zero-order chi connectivity index (χ0) is 24.3. The highest BCUT2D eigenvalue weighted by Gasteiger charge is 2.27. The fraction of sp³-hybridized carbons (Fsp3) is 0.522. The fourth-order valence-electron chi connectivity index (χ4n) is 3.61. The predicted octanol–water partition coefficient (Wildman–Crippen LogP) is 5.55. The number of carbonyl (C=O) groups is 1. The van der Waals surface area contributed by atoms with E-state index in [0.29, 0.717) is 36.4 Å². The molecule has 3 heterocycles. The first kappa shape index (κ1) is 25.1. The van der Waals surface area contributed by atoms with Crippen LogP contribution in [-0.4, -0.2) is 59.6 Å². The van der Waals surface area contributed by atoms with E-state index in [1.807, 2.05) is 32.9 Å². The van der Waals surface area contributed by atoms with Gasteiger partial charge in [0.25, 0.3) is 0 Å². The molecule has 2 aromatic heterocycles. The van der Waals surface area contributed by atoms with Crippen molar-refractivity contribution in [3.05, 3.63) is 28.2 Å². The topological polar surface area (TPSA) is 85.8 Å². The summed E-state index contributed by atoms with van der Waals surface area (Å²) in [6, 6.07) is 5.84. The fourth-order valence-corrected chi connectivity index (χ4v) is 5.81. The Kier molecular flexibility index (Phi) is 7.94. The summed E-state index contributed by atoms with van der Waals surface area (Å²) >= 11 is 9.25. The number of piperidine rings is 1. The van der Waals surface area contributed by atoms with Crippen molar-refractivity contribution in [2.75, 3.05) is 27.0 Å². The zero-order valence-electron chi connectivity index (χ0n) is 19.7. The Balaban J connectivity index is 1.34. The number of benzene rings is 1. The number of methoxy groups -OCH3 is 1. The van der Waals surface area contributed by atoms with Crippen molar-refractivity contribution in [3.8, 4) is 16.3 Å². The second-order valence-corrected chi connectivity index (χ2v) is 11.5. The van der Waals surface area contributed by atoms with Crippen LogP contribution < -0.4 is 10.1 Å². The molecule has 0 unspecified atom stereocenters. The second kappa shape index (κ2) is 10.7. The van der Waals surface area contributed by atoms with Gasteiger partial charge in [-0.1, -0.05) is 34.3 Å². The van der Waals surface area contributed by atoms with Crippen molar-refractivity contribution in [3.63, 3.8) is 0 Å². The van der Waals surface area contributed by atoms with Crippen LogP contribution >= 0.6 is 34.3 Å². The maximum atomic E-state index is 12.2. The maximum Gasteiger partial charge on any atom is 0.410 e. The number of fused-ring (bicyclic) bond motifs is 1. The van der Waals surface area contributed by atoms with E-state index in [0.717, 1.165) is 38.1 Å². The normalized spacial score (nSPS) is 15.1. The molecule has 0 radical (unpaired) electrons. The number of nitrogens with zero attached hydrogens (tertiary/aromatic N) is 3. The van der Waals surface area contributed by atoms with Crippen LogP contribution in [0, 0.1) is 0 Å². The van der Waals surface area contributed by atoms with Crippen molar-refractivity contribution in [1.29, 1.82) is 0 Å². The quantitative estimate of drug-likeness (QED) is 0.406. The number of ether oxygens (including phenoxy) is 3. The van der Waals surface area contributed by atoms with Gasteiger partial charge in [-0.25, -0.2) is 14.8 Å². The number of carbonyl (C=O) groups excluding carboxylic acids is 1. The molecule has 0 atom stereocenters. The maximum absolute atomic E-state index is 12.2. The summed E-state index contributed by atoms with van der Waals surface area (Å²) in [4.78, 5) is 25.4. The third kappa shape index (κ3) is 6.37. The first-order valence-corrected chi connectivity index (χ1v) is 13.1. The number of hydrogen-bond donors (Lipinski definition) is 1. The molecule has 0 saturated carbocycles. The molecule has 1 fully saturated rings. The molecule has 0 spiro atoms. The lowest BCUT2D eigenvalue weighted by Crippen LogP contribution is -2.46. The first-order valence-electron chi connectivity index (χ1n) is 11.1. The lowest BCUT2D eigenvalue weighted by molar-refractivity contribution is 0.0198. The van der Waals surface area contributed by atoms with Gasteiger partial charge in [0, 0.05) is 37.8 Å². The van der Waals surface area contributed by atoms with Gasteiger partial charge in [0.05, 0.1) is 5.56 Å². The molecule has 1 aliphatic heterocycles. The number of amides is 1. The van der Waals surface area contributed by atoms with Crippen LogP contribution in [0.2, 0.25) is 5.02 Å². The Labute approximate surface area is 212 Å². The largest absolute Gasteiger partial charge is 0.467 e. The molecule has 3 aromatic rings. The van der Waals surface area contributed by atoms with Crippen molar-refractivity contribution in [2.45, 2.75) is 51.8 Å². The summed E-state index contributed by atoms with van der Waals surface area (Å²) in [7, 11) is 1.58. The summed E-state index contributed by atoms with van der Waals surface area (Å²) in [6.07, 6.45) is 1.55. The SMILES string of the molecule is COCOc1cc(Cl)ccc1-c1nc2sc(CNC3CCN(C(=O)OC(C)(C)C)CC3)nc2s1. The van der Waals surface area contributed by atoms with Crippen molar-refractivity contribution < 1.29 is 19.0 Å². The minimum Gasteiger partial charge on any atom is -0.467 e. The highest BCUT2D eigenvalue weighted by atomic mass is 35.5. The average molecular weight is 525 g/mol. The third-order valence-corrected chi connectivity index (χ3v) is 7.51. The molecule has 4 rings (SSSR count). The van der Waals surface area contributed by atoms with E-state index in [4.69, 9.17) is 35.8 Å². The van der Waals surface area contributed by atoms with Gasteiger partial charge in [-0.3, -0.25) is 0 Å². The lowest BCUT2D eigenvalue weighted by atomic mass is 10.1. The van der Waals surface area contributed by atoms with E-state index in [2.05, 4.69) is 5.32 Å². The van der Waals surface area contributed by atoms with E-state index in [-0.39, 0.29) is 12.9 Å². The highest BCUT2D eigenvalue weighted by Crippen LogP contribution is 2.38. The van der Waals surface area contributed by atoms with E-state index in [1.54, 1.807) is 29.4 Å². The predicted molar refractivity (Wildman–Crippen MR) is 136 cm³/mol. The summed E-state index contributed by atoms with van der Waals surface area (Å²) < 4.78 is 16.2. The van der Waals surface area contributed by atoms with E-state index < -0.39 is 5.60 Å². The molecule has 1 amide bonds. The molecule has 184 valence electrons. The Morgan fingerprint density at radius 2 is 1.94 bits per heavy atom. The zero-order valence-corrected chi connectivity index (χ0v) is 22.1. The molecule has 1 aromatic carbocycles. The summed E-state index contributed by atoms with van der Waals surface area (Å²) in [5.41, 5.74) is 0.400. The average Bonchev–Trinajstić information content (AvgIpc) is 3.34. The van der Waals surface area contributed by atoms with E-state index >= 15 is 0 Å². The molecule has 0 bridgehead atoms. The van der Waals surface area contributed by atoms with Crippen LogP contribution in [0.25, 0.3) is 20.2 Å². The van der Waals surface area contributed by atoms with Gasteiger partial charge in [-0.15, -0.1) is 0 Å². The Morgan fingerprint density at radius 3 is 2.62 bits per heavy atom. The van der Waals surface area contributed by atoms with Gasteiger partial charge >= 0.3 is 6.09 Å². The molecule has 0 aliphatic carbocycles. The summed E-state index contributed by atoms with van der Waals surface area (Å²) in [5, 5.41) is 6.01. The highest BCUT2D eigenvalue weighted by molar-refractivity contribution is 7.28. The smallest absolute Gasteiger partial charge is 0.410 e. The van der Waals surface area contributed by atoms with Crippen molar-refractivity contribution in [2.24, 2.45) is 0 Å². The molecular formula is C23H29ClN4O4S2. The van der Waals surface area contributed by atoms with Crippen molar-refractivity contribution in [1.82, 2.24) is 20.2 Å². The second-order valence-electron chi connectivity index (χ2n) is 9.05. The van der Waals surface area contributed by atoms with Crippen LogP contribution in [0.1, 0.15) is 38.6 Å². The summed E-state index contributed by atoms with van der Waals surface area (Å²) in [5.74, 6) is 0.635. The molecule has 8 nitrogen and oxygen atoms in total. The number of halogens is 1. The van der Waals surface area contributed by atoms with Gasteiger partial charge in [-0.05, 0) is 51.8 Å². The van der Waals surface area contributed by atoms with Gasteiger partial charge in [-0.2, -0.15) is 0 Å². The number of rotatable bonds is 7. The molecule has 34 heavy (non-hydrogen) atoms. The van der Waals surface area contributed by atoms with Crippen molar-refractivity contribution >= 4 is 50.0 Å².